The predicted octanol–water partition coefficient (Wildman–Crippen LogP) is 1.92. The largest absolute Gasteiger partial charge is 0.378 e. The minimum Gasteiger partial charge on any atom is -0.378 e. The van der Waals surface area contributed by atoms with Crippen LogP contribution in [0.4, 0.5) is 0 Å². The Morgan fingerprint density at radius 2 is 2.20 bits per heavy atom. The number of amides is 1. The van der Waals surface area contributed by atoms with E-state index in [0.717, 1.165) is 5.56 Å². The number of rotatable bonds is 1. The molecule has 0 radical (unpaired) electrons. The van der Waals surface area contributed by atoms with E-state index in [4.69, 9.17) is 16.3 Å². The number of carbonyl (C=O) groups is 1. The maximum absolute atomic E-state index is 11.3. The van der Waals surface area contributed by atoms with E-state index in [9.17, 15) is 4.79 Å². The van der Waals surface area contributed by atoms with Crippen LogP contribution < -0.4 is 5.32 Å². The molecular formula is C11H12ClNO2. The molecule has 0 bridgehead atoms. The van der Waals surface area contributed by atoms with Crippen LogP contribution in [0.1, 0.15) is 18.0 Å². The van der Waals surface area contributed by atoms with Crippen molar-refractivity contribution in [1.29, 1.82) is 0 Å². The van der Waals surface area contributed by atoms with Crippen LogP contribution in [0.25, 0.3) is 0 Å². The molecule has 1 amide bonds. The molecule has 0 aromatic heterocycles. The second-order valence-corrected chi connectivity index (χ2v) is 3.87. The van der Waals surface area contributed by atoms with Gasteiger partial charge in [-0.1, -0.05) is 29.8 Å². The highest BCUT2D eigenvalue weighted by molar-refractivity contribution is 6.31. The van der Waals surface area contributed by atoms with Gasteiger partial charge in [0.1, 0.15) is 0 Å². The first-order valence-electron chi connectivity index (χ1n) is 4.89. The first-order chi connectivity index (χ1) is 7.27. The van der Waals surface area contributed by atoms with Crippen LogP contribution in [0, 0.1) is 0 Å². The summed E-state index contributed by atoms with van der Waals surface area (Å²) in [6, 6.07) is 7.35. The molecule has 4 heteroatoms. The van der Waals surface area contributed by atoms with Gasteiger partial charge < -0.3 is 10.1 Å². The molecule has 80 valence electrons. The van der Waals surface area contributed by atoms with Crippen molar-refractivity contribution in [2.24, 2.45) is 0 Å². The summed E-state index contributed by atoms with van der Waals surface area (Å²) >= 11 is 6.05. The Balaban J connectivity index is 2.22. The quantitative estimate of drug-likeness (QED) is 0.793. The fraction of sp³-hybridized carbons (Fsp3) is 0.364. The number of hydrogen-bond donors (Lipinski definition) is 1. The van der Waals surface area contributed by atoms with Gasteiger partial charge in [-0.15, -0.1) is 0 Å². The number of hydrogen-bond acceptors (Lipinski definition) is 2. The summed E-state index contributed by atoms with van der Waals surface area (Å²) in [5.74, 6) is 0.0115. The summed E-state index contributed by atoms with van der Waals surface area (Å²) in [5.41, 5.74) is 0.911. The Hall–Kier alpha value is -1.06. The summed E-state index contributed by atoms with van der Waals surface area (Å²) in [5, 5.41) is 3.55. The van der Waals surface area contributed by atoms with Gasteiger partial charge in [-0.3, -0.25) is 4.79 Å². The van der Waals surface area contributed by atoms with Crippen molar-refractivity contribution < 1.29 is 9.53 Å². The van der Waals surface area contributed by atoms with Gasteiger partial charge in [-0.2, -0.15) is 0 Å². The maximum atomic E-state index is 11.3. The summed E-state index contributed by atoms with van der Waals surface area (Å²) < 4.78 is 5.34. The second-order valence-electron chi connectivity index (χ2n) is 3.47. The molecule has 1 unspecified atom stereocenters. The van der Waals surface area contributed by atoms with Crippen LogP contribution in [0.5, 0.6) is 0 Å². The average Bonchev–Trinajstić information content (AvgIpc) is 2.43. The number of ether oxygens (including phenoxy) is 1. The smallest absolute Gasteiger partial charge is 0.222 e. The van der Waals surface area contributed by atoms with E-state index in [2.05, 4.69) is 5.32 Å². The van der Waals surface area contributed by atoms with Gasteiger partial charge in [-0.05, 0) is 11.6 Å². The minimum atomic E-state index is -0.131. The van der Waals surface area contributed by atoms with Crippen LogP contribution in [-0.4, -0.2) is 19.1 Å². The highest BCUT2D eigenvalue weighted by atomic mass is 35.5. The normalized spacial score (nSPS) is 21.9. The third kappa shape index (κ3) is 2.49. The summed E-state index contributed by atoms with van der Waals surface area (Å²) in [7, 11) is 0. The molecule has 1 aliphatic rings. The van der Waals surface area contributed by atoms with Crippen molar-refractivity contribution in [3.8, 4) is 0 Å². The van der Waals surface area contributed by atoms with E-state index < -0.39 is 0 Å². The Bertz CT molecular complexity index is 367. The molecule has 1 aromatic rings. The van der Waals surface area contributed by atoms with E-state index in [1.54, 1.807) is 0 Å². The highest BCUT2D eigenvalue weighted by Gasteiger charge is 2.19. The lowest BCUT2D eigenvalue weighted by Crippen LogP contribution is -2.28. The SMILES string of the molecule is O=C1CCOCC(c2ccccc2Cl)N1. The number of carbonyl (C=O) groups excluding carboxylic acids is 1. The number of halogens is 1. The summed E-state index contributed by atoms with van der Waals surface area (Å²) in [6.07, 6.45) is 0.418. The Labute approximate surface area is 93.4 Å². The molecule has 1 aliphatic heterocycles. The summed E-state index contributed by atoms with van der Waals surface area (Å²) in [4.78, 5) is 11.3. The van der Waals surface area contributed by atoms with Crippen LogP contribution in [0.3, 0.4) is 0 Å². The van der Waals surface area contributed by atoms with Gasteiger partial charge in [0.05, 0.1) is 19.3 Å². The van der Waals surface area contributed by atoms with Crippen molar-refractivity contribution in [2.45, 2.75) is 12.5 Å². The van der Waals surface area contributed by atoms with E-state index in [0.29, 0.717) is 24.7 Å². The van der Waals surface area contributed by atoms with Crippen molar-refractivity contribution in [3.05, 3.63) is 34.9 Å². The molecule has 1 N–H and O–H groups in total. The van der Waals surface area contributed by atoms with Gasteiger partial charge in [0.25, 0.3) is 0 Å². The fourth-order valence-electron chi connectivity index (χ4n) is 1.60. The zero-order valence-electron chi connectivity index (χ0n) is 8.20. The van der Waals surface area contributed by atoms with Crippen LogP contribution in [0.2, 0.25) is 5.02 Å². The molecule has 2 rings (SSSR count). The average molecular weight is 226 g/mol. The van der Waals surface area contributed by atoms with E-state index in [1.807, 2.05) is 24.3 Å². The molecule has 1 saturated heterocycles. The van der Waals surface area contributed by atoms with Gasteiger partial charge in [0.15, 0.2) is 0 Å². The van der Waals surface area contributed by atoms with Gasteiger partial charge in [-0.25, -0.2) is 0 Å². The monoisotopic (exact) mass is 225 g/mol. The fourth-order valence-corrected chi connectivity index (χ4v) is 1.87. The molecule has 1 atom stereocenters. The lowest BCUT2D eigenvalue weighted by Gasteiger charge is -2.16. The van der Waals surface area contributed by atoms with Crippen molar-refractivity contribution in [3.63, 3.8) is 0 Å². The predicted molar refractivity (Wildman–Crippen MR) is 57.8 cm³/mol. The molecular weight excluding hydrogens is 214 g/mol. The van der Waals surface area contributed by atoms with Crippen molar-refractivity contribution in [1.82, 2.24) is 5.32 Å². The third-order valence-corrected chi connectivity index (χ3v) is 2.72. The van der Waals surface area contributed by atoms with Crippen LogP contribution in [0.15, 0.2) is 24.3 Å². The van der Waals surface area contributed by atoms with E-state index >= 15 is 0 Å². The van der Waals surface area contributed by atoms with Crippen LogP contribution >= 0.6 is 11.6 Å². The Morgan fingerprint density at radius 3 is 3.00 bits per heavy atom. The molecule has 3 nitrogen and oxygen atoms in total. The number of benzene rings is 1. The lowest BCUT2D eigenvalue weighted by molar-refractivity contribution is -0.121. The lowest BCUT2D eigenvalue weighted by atomic mass is 10.1. The Morgan fingerprint density at radius 1 is 1.40 bits per heavy atom. The first kappa shape index (κ1) is 10.5. The van der Waals surface area contributed by atoms with E-state index in [-0.39, 0.29) is 11.9 Å². The molecule has 1 fully saturated rings. The van der Waals surface area contributed by atoms with Gasteiger partial charge in [0.2, 0.25) is 5.91 Å². The van der Waals surface area contributed by atoms with Gasteiger partial charge >= 0.3 is 0 Å². The van der Waals surface area contributed by atoms with Gasteiger partial charge in [0, 0.05) is 11.4 Å². The second kappa shape index (κ2) is 4.64. The zero-order valence-corrected chi connectivity index (χ0v) is 8.96. The van der Waals surface area contributed by atoms with Crippen LogP contribution in [-0.2, 0) is 9.53 Å². The van der Waals surface area contributed by atoms with E-state index in [1.165, 1.54) is 0 Å². The molecule has 1 aromatic carbocycles. The van der Waals surface area contributed by atoms with Crippen molar-refractivity contribution >= 4 is 17.5 Å². The molecule has 0 aliphatic carbocycles. The number of nitrogens with one attached hydrogen (secondary N) is 1. The molecule has 1 heterocycles. The first-order valence-corrected chi connectivity index (χ1v) is 5.26. The zero-order chi connectivity index (χ0) is 10.7. The molecule has 0 spiro atoms. The third-order valence-electron chi connectivity index (χ3n) is 2.37. The highest BCUT2D eigenvalue weighted by Crippen LogP contribution is 2.23. The van der Waals surface area contributed by atoms with Crippen molar-refractivity contribution in [2.75, 3.05) is 13.2 Å². The Kier molecular flexibility index (Phi) is 3.23. The molecule has 15 heavy (non-hydrogen) atoms. The topological polar surface area (TPSA) is 38.3 Å². The summed E-state index contributed by atoms with van der Waals surface area (Å²) in [6.45, 7) is 0.961. The molecule has 0 saturated carbocycles. The standard InChI is InChI=1S/C11H12ClNO2/c12-9-4-2-1-3-8(9)10-7-15-6-5-11(14)13-10/h1-4,10H,5-7H2,(H,13,14). The maximum Gasteiger partial charge on any atom is 0.222 e. The minimum absolute atomic E-state index is 0.0115.